The number of oxime groups is 1. The van der Waals surface area contributed by atoms with Crippen LogP contribution in [0.2, 0.25) is 5.15 Å². The maximum absolute atomic E-state index is 13.5. The van der Waals surface area contributed by atoms with Crippen molar-refractivity contribution in [1.29, 1.82) is 0 Å². The van der Waals surface area contributed by atoms with Crippen LogP contribution in [-0.2, 0) is 7.05 Å². The Labute approximate surface area is 216 Å². The molecule has 188 valence electrons. The van der Waals surface area contributed by atoms with Crippen LogP contribution in [0.4, 0.5) is 5.69 Å². The summed E-state index contributed by atoms with van der Waals surface area (Å²) in [6.45, 7) is 5.59. The van der Waals surface area contributed by atoms with Gasteiger partial charge < -0.3 is 20.7 Å². The van der Waals surface area contributed by atoms with Crippen LogP contribution in [-0.4, -0.2) is 30.8 Å². The number of fused-ring (bicyclic) bond motifs is 2. The normalized spacial score (nSPS) is 12.8. The van der Waals surface area contributed by atoms with Gasteiger partial charge in [0.1, 0.15) is 22.2 Å². The molecule has 5 aromatic rings. The minimum Gasteiger partial charge on any atom is -0.455 e. The molecular formula is C26H24ClN7O3. The third-order valence-corrected chi connectivity index (χ3v) is 6.39. The maximum Gasteiger partial charge on any atom is 0.196 e. The van der Waals surface area contributed by atoms with E-state index in [0.29, 0.717) is 39.2 Å². The predicted octanol–water partition coefficient (Wildman–Crippen LogP) is 4.67. The Kier molecular flexibility index (Phi) is 6.04. The molecule has 0 bridgehead atoms. The molecule has 0 fully saturated rings. The van der Waals surface area contributed by atoms with Crippen molar-refractivity contribution in [2.45, 2.75) is 26.8 Å². The van der Waals surface area contributed by atoms with Gasteiger partial charge in [0, 0.05) is 41.5 Å². The predicted molar refractivity (Wildman–Crippen MR) is 143 cm³/mol. The van der Waals surface area contributed by atoms with Gasteiger partial charge in [0.15, 0.2) is 16.9 Å². The fourth-order valence-corrected chi connectivity index (χ4v) is 4.57. The maximum atomic E-state index is 13.5. The molecule has 37 heavy (non-hydrogen) atoms. The monoisotopic (exact) mass is 517 g/mol. The number of anilines is 1. The Hall–Kier alpha value is -4.44. The molecule has 1 atom stereocenters. The van der Waals surface area contributed by atoms with Crippen molar-refractivity contribution < 1.29 is 9.62 Å². The minimum absolute atomic E-state index is 0.120. The van der Waals surface area contributed by atoms with Crippen LogP contribution in [0.5, 0.6) is 0 Å². The number of pyridine rings is 2. The third-order valence-electron chi connectivity index (χ3n) is 6.18. The number of hydrogen-bond acceptors (Lipinski definition) is 8. The molecule has 0 spiro atoms. The van der Waals surface area contributed by atoms with Crippen LogP contribution in [0.1, 0.15) is 35.3 Å². The number of hydrogen-bond donors (Lipinski definition) is 3. The number of nitrogens with two attached hydrogens (primary N) is 1. The van der Waals surface area contributed by atoms with Gasteiger partial charge in [-0.15, -0.1) is 0 Å². The molecule has 10 nitrogen and oxygen atoms in total. The number of halogens is 1. The second kappa shape index (κ2) is 9.21. The van der Waals surface area contributed by atoms with Crippen molar-refractivity contribution in [3.63, 3.8) is 0 Å². The molecule has 0 aliphatic heterocycles. The van der Waals surface area contributed by atoms with Gasteiger partial charge in [0.2, 0.25) is 0 Å². The molecule has 1 aromatic carbocycles. The smallest absolute Gasteiger partial charge is 0.196 e. The first-order valence-electron chi connectivity index (χ1n) is 11.4. The lowest BCUT2D eigenvalue weighted by molar-refractivity contribution is 0.318. The van der Waals surface area contributed by atoms with E-state index in [2.05, 4.69) is 25.5 Å². The van der Waals surface area contributed by atoms with Crippen molar-refractivity contribution >= 4 is 45.1 Å². The number of nitrogens with one attached hydrogen (secondary N) is 1. The molecule has 5 rings (SSSR count). The van der Waals surface area contributed by atoms with Gasteiger partial charge in [-0.1, -0.05) is 22.8 Å². The van der Waals surface area contributed by atoms with E-state index in [4.69, 9.17) is 21.8 Å². The zero-order chi connectivity index (χ0) is 26.4. The summed E-state index contributed by atoms with van der Waals surface area (Å²) in [5.41, 5.74) is 10.3. The van der Waals surface area contributed by atoms with Crippen LogP contribution in [0.3, 0.4) is 0 Å². The Morgan fingerprint density at radius 2 is 2.05 bits per heavy atom. The number of amidine groups is 1. The summed E-state index contributed by atoms with van der Waals surface area (Å²) in [7, 11) is 1.83. The van der Waals surface area contributed by atoms with Crippen LogP contribution in [0.25, 0.3) is 33.3 Å². The summed E-state index contributed by atoms with van der Waals surface area (Å²) in [6.07, 6.45) is 3.52. The van der Waals surface area contributed by atoms with Gasteiger partial charge in [-0.3, -0.25) is 9.48 Å². The Morgan fingerprint density at radius 1 is 1.27 bits per heavy atom. The van der Waals surface area contributed by atoms with Crippen molar-refractivity contribution in [3.05, 3.63) is 80.5 Å². The lowest BCUT2D eigenvalue weighted by Crippen LogP contribution is -2.19. The highest BCUT2D eigenvalue weighted by molar-refractivity contribution is 6.29. The molecule has 4 aromatic heterocycles. The van der Waals surface area contributed by atoms with E-state index in [0.717, 1.165) is 16.5 Å². The summed E-state index contributed by atoms with van der Waals surface area (Å²) < 4.78 is 8.13. The van der Waals surface area contributed by atoms with Crippen molar-refractivity contribution in [2.75, 3.05) is 5.32 Å². The highest BCUT2D eigenvalue weighted by atomic mass is 35.5. The summed E-state index contributed by atoms with van der Waals surface area (Å²) in [4.78, 5) is 22.1. The molecule has 0 saturated carbocycles. The van der Waals surface area contributed by atoms with E-state index in [1.54, 1.807) is 29.9 Å². The van der Waals surface area contributed by atoms with Gasteiger partial charge in [0.25, 0.3) is 0 Å². The van der Waals surface area contributed by atoms with E-state index >= 15 is 0 Å². The van der Waals surface area contributed by atoms with Crippen LogP contribution in [0, 0.1) is 13.8 Å². The van der Waals surface area contributed by atoms with Crippen LogP contribution < -0.4 is 16.5 Å². The zero-order valence-electron chi connectivity index (χ0n) is 20.6. The number of rotatable bonds is 5. The summed E-state index contributed by atoms with van der Waals surface area (Å²) in [5.74, 6) is 0.257. The summed E-state index contributed by atoms with van der Waals surface area (Å²) in [5, 5.41) is 21.4. The van der Waals surface area contributed by atoms with Gasteiger partial charge in [-0.25, -0.2) is 9.97 Å². The molecule has 11 heteroatoms. The van der Waals surface area contributed by atoms with Crippen molar-refractivity contribution in [3.8, 4) is 11.3 Å². The average molecular weight is 518 g/mol. The van der Waals surface area contributed by atoms with E-state index in [1.165, 1.54) is 0 Å². The molecular weight excluding hydrogens is 494 g/mol. The molecule has 0 amide bonds. The average Bonchev–Trinajstić information content (AvgIpc) is 3.25. The first kappa shape index (κ1) is 24.3. The lowest BCUT2D eigenvalue weighted by atomic mass is 9.99. The topological polar surface area (TPSA) is 144 Å². The van der Waals surface area contributed by atoms with Crippen molar-refractivity contribution in [2.24, 2.45) is 17.9 Å². The number of aryl methyl sites for hydroxylation is 2. The van der Waals surface area contributed by atoms with Gasteiger partial charge in [0.05, 0.1) is 17.1 Å². The highest BCUT2D eigenvalue weighted by Gasteiger charge is 2.21. The first-order valence-corrected chi connectivity index (χ1v) is 11.8. The molecule has 0 radical (unpaired) electrons. The number of benzene rings is 1. The fraction of sp³-hybridized carbons (Fsp3) is 0.192. The van der Waals surface area contributed by atoms with Crippen LogP contribution in [0.15, 0.2) is 57.1 Å². The summed E-state index contributed by atoms with van der Waals surface area (Å²) in [6, 6.07) is 8.62. The summed E-state index contributed by atoms with van der Waals surface area (Å²) >= 11 is 6.02. The quantitative estimate of drug-likeness (QED) is 0.100. The highest BCUT2D eigenvalue weighted by Crippen LogP contribution is 2.33. The van der Waals surface area contributed by atoms with Gasteiger partial charge in [-0.05, 0) is 50.6 Å². The van der Waals surface area contributed by atoms with Gasteiger partial charge in [-0.2, -0.15) is 5.10 Å². The first-order chi connectivity index (χ1) is 17.7. The van der Waals surface area contributed by atoms with E-state index in [9.17, 15) is 10.0 Å². The fourth-order valence-electron chi connectivity index (χ4n) is 4.43. The largest absolute Gasteiger partial charge is 0.455 e. The second-order valence-corrected chi connectivity index (χ2v) is 9.32. The van der Waals surface area contributed by atoms with Crippen molar-refractivity contribution in [1.82, 2.24) is 19.7 Å². The van der Waals surface area contributed by atoms with E-state index < -0.39 is 0 Å². The Morgan fingerprint density at radius 3 is 2.81 bits per heavy atom. The van der Waals surface area contributed by atoms with Gasteiger partial charge >= 0.3 is 0 Å². The molecule has 0 aliphatic carbocycles. The molecule has 4 N–H and O–H groups in total. The minimum atomic E-state index is -0.353. The SMILES string of the molecule is Cc1cc(C(C)Nc2ccc(Cl)nc2C(N)=NO)c2oc(-c3cnc4nn(C)cc4c3)c(C)c(=O)c2c1. The standard InChI is InChI=1S/C26H24ClN7O3/c1-12-7-17(14(3)30-19-5-6-20(27)31-21(19)25(28)33-36)24-18(8-12)22(35)13(2)23(37-24)15-9-16-11-34(4)32-26(16)29-10-15/h5-11,14,30,36H,1-4H3,(H2,28,33). The number of aromatic nitrogens is 4. The Bertz CT molecular complexity index is 1770. The Balaban J connectivity index is 1.66. The molecule has 4 heterocycles. The molecule has 0 saturated heterocycles. The van der Waals surface area contributed by atoms with E-state index in [1.807, 2.05) is 45.3 Å². The second-order valence-electron chi connectivity index (χ2n) is 8.94. The molecule has 1 unspecified atom stereocenters. The molecule has 0 aliphatic rings. The zero-order valence-corrected chi connectivity index (χ0v) is 21.3. The van der Waals surface area contributed by atoms with Crippen LogP contribution >= 0.6 is 11.6 Å². The third kappa shape index (κ3) is 4.36. The lowest BCUT2D eigenvalue weighted by Gasteiger charge is -2.20. The van der Waals surface area contributed by atoms with E-state index in [-0.39, 0.29) is 28.2 Å². The number of nitrogens with zero attached hydrogens (tertiary/aromatic N) is 5.